The first kappa shape index (κ1) is 32.0. The Morgan fingerprint density at radius 2 is 1.91 bits per heavy atom. The van der Waals surface area contributed by atoms with E-state index in [1.54, 1.807) is 37.1 Å². The molecule has 6 rings (SSSR count). The second-order valence-electron chi connectivity index (χ2n) is 11.4. The summed E-state index contributed by atoms with van der Waals surface area (Å²) in [5.74, 6) is -0.477. The number of ether oxygens (including phenoxy) is 3. The van der Waals surface area contributed by atoms with E-state index in [-0.39, 0.29) is 23.9 Å². The zero-order valence-electron chi connectivity index (χ0n) is 26.2. The molecule has 5 aromatic rings. The van der Waals surface area contributed by atoms with Crippen LogP contribution < -0.4 is 14.8 Å². The highest BCUT2D eigenvalue weighted by Crippen LogP contribution is 2.37. The van der Waals surface area contributed by atoms with Crippen molar-refractivity contribution in [3.05, 3.63) is 65.9 Å². The Bertz CT molecular complexity index is 1950. The van der Waals surface area contributed by atoms with Crippen molar-refractivity contribution >= 4 is 50.3 Å². The molecule has 0 radical (unpaired) electrons. The van der Waals surface area contributed by atoms with Gasteiger partial charge in [0.1, 0.15) is 22.9 Å². The number of amides is 2. The number of piperidine rings is 1. The summed E-state index contributed by atoms with van der Waals surface area (Å²) in [7, 11) is 1.53. The van der Waals surface area contributed by atoms with Crippen molar-refractivity contribution in [3.63, 3.8) is 0 Å². The molecule has 12 nitrogen and oxygen atoms in total. The number of halogens is 1. The van der Waals surface area contributed by atoms with E-state index in [0.717, 1.165) is 17.5 Å². The van der Waals surface area contributed by atoms with Gasteiger partial charge in [0.2, 0.25) is 5.88 Å². The lowest BCUT2D eigenvalue weighted by atomic mass is 10.1. The highest BCUT2D eigenvalue weighted by Gasteiger charge is 2.25. The quantitative estimate of drug-likeness (QED) is 0.210. The average molecular weight is 661 g/mol. The number of benzene rings is 2. The van der Waals surface area contributed by atoms with Crippen molar-refractivity contribution in [3.8, 4) is 22.2 Å². The van der Waals surface area contributed by atoms with Gasteiger partial charge in [0, 0.05) is 30.8 Å². The molecule has 3 aromatic heterocycles. The molecule has 244 valence electrons. The van der Waals surface area contributed by atoms with E-state index in [4.69, 9.17) is 14.2 Å². The molecule has 1 aliphatic heterocycles. The van der Waals surface area contributed by atoms with Crippen molar-refractivity contribution in [1.82, 2.24) is 24.8 Å². The lowest BCUT2D eigenvalue weighted by molar-refractivity contribution is 0.0402. The standard InChI is InChI=1S/C33H33FN6O6S/c1-17-10-22(30-26(11-17)38-29(44-4)15-36-30)31-39-25-12-23(34)27(13-28(25)47-31)45-18(2)19(3)46-33(43)37-20-7-8-24(35-14-20)32(42)40-9-5-6-21(41)16-40/h7-8,10-15,18-19,21,41H,5-6,9,16H2,1-4H3,(H,37,43)/t18-,19+,21+/m0/s1. The van der Waals surface area contributed by atoms with Crippen molar-refractivity contribution in [2.24, 2.45) is 0 Å². The third-order valence-electron chi connectivity index (χ3n) is 7.83. The number of pyridine rings is 1. The summed E-state index contributed by atoms with van der Waals surface area (Å²) in [4.78, 5) is 44.7. The number of methoxy groups -OCH3 is 1. The Hall–Kier alpha value is -4.95. The second kappa shape index (κ2) is 13.4. The second-order valence-corrected chi connectivity index (χ2v) is 12.4. The van der Waals surface area contributed by atoms with Gasteiger partial charge in [-0.3, -0.25) is 10.1 Å². The lowest BCUT2D eigenvalue weighted by Crippen LogP contribution is -2.42. The number of nitrogens with zero attached hydrogens (tertiary/aromatic N) is 5. The number of aryl methyl sites for hydroxylation is 1. The average Bonchev–Trinajstić information content (AvgIpc) is 3.46. The number of aliphatic hydroxyl groups is 1. The summed E-state index contributed by atoms with van der Waals surface area (Å²) in [6, 6.07) is 9.83. The fourth-order valence-corrected chi connectivity index (χ4v) is 6.24. The predicted octanol–water partition coefficient (Wildman–Crippen LogP) is 5.76. The maximum Gasteiger partial charge on any atom is 0.412 e. The Morgan fingerprint density at radius 3 is 2.66 bits per heavy atom. The number of anilines is 1. The molecule has 2 amide bonds. The van der Waals surface area contributed by atoms with Gasteiger partial charge in [0.15, 0.2) is 11.6 Å². The number of rotatable bonds is 8. The van der Waals surface area contributed by atoms with Gasteiger partial charge in [-0.25, -0.2) is 29.1 Å². The number of thiazole rings is 1. The number of hydrogen-bond donors (Lipinski definition) is 2. The number of aromatic nitrogens is 4. The number of fused-ring (bicyclic) bond motifs is 2. The number of nitrogens with one attached hydrogen (secondary N) is 1. The maximum atomic E-state index is 15.2. The zero-order valence-corrected chi connectivity index (χ0v) is 27.0. The van der Waals surface area contributed by atoms with Crippen molar-refractivity contribution in [1.29, 1.82) is 0 Å². The third-order valence-corrected chi connectivity index (χ3v) is 8.88. The summed E-state index contributed by atoms with van der Waals surface area (Å²) < 4.78 is 32.5. The van der Waals surface area contributed by atoms with Gasteiger partial charge < -0.3 is 24.2 Å². The molecule has 0 unspecified atom stereocenters. The smallest absolute Gasteiger partial charge is 0.412 e. The van der Waals surface area contributed by atoms with E-state index in [9.17, 15) is 14.7 Å². The maximum absolute atomic E-state index is 15.2. The van der Waals surface area contributed by atoms with E-state index >= 15 is 4.39 Å². The first-order chi connectivity index (χ1) is 22.6. The van der Waals surface area contributed by atoms with E-state index in [1.807, 2.05) is 19.1 Å². The Kier molecular flexibility index (Phi) is 9.14. The van der Waals surface area contributed by atoms with Crippen LogP contribution in [0.2, 0.25) is 0 Å². The highest BCUT2D eigenvalue weighted by atomic mass is 32.1. The van der Waals surface area contributed by atoms with Crippen LogP contribution >= 0.6 is 11.3 Å². The number of aliphatic hydroxyl groups excluding tert-OH is 1. The molecule has 2 N–H and O–H groups in total. The minimum atomic E-state index is -0.762. The van der Waals surface area contributed by atoms with Gasteiger partial charge in [-0.2, -0.15) is 0 Å². The van der Waals surface area contributed by atoms with Crippen LogP contribution in [0.4, 0.5) is 14.9 Å². The van der Waals surface area contributed by atoms with Crippen LogP contribution in [0.25, 0.3) is 31.8 Å². The van der Waals surface area contributed by atoms with Gasteiger partial charge in [-0.15, -0.1) is 11.3 Å². The summed E-state index contributed by atoms with van der Waals surface area (Å²) in [5, 5.41) is 13.1. The minimum absolute atomic E-state index is 0.000339. The van der Waals surface area contributed by atoms with Gasteiger partial charge in [0.05, 0.1) is 52.5 Å². The van der Waals surface area contributed by atoms with Crippen LogP contribution in [0.1, 0.15) is 42.7 Å². The molecule has 0 bridgehead atoms. The van der Waals surface area contributed by atoms with Gasteiger partial charge in [-0.1, -0.05) is 0 Å². The van der Waals surface area contributed by atoms with Crippen LogP contribution in [-0.2, 0) is 4.74 Å². The molecule has 3 atom stereocenters. The van der Waals surface area contributed by atoms with E-state index in [2.05, 4.69) is 25.3 Å². The molecule has 1 saturated heterocycles. The number of likely N-dealkylation sites (tertiary alicyclic amines) is 1. The van der Waals surface area contributed by atoms with Crippen LogP contribution in [0.15, 0.2) is 48.8 Å². The largest absolute Gasteiger partial charge is 0.484 e. The Labute approximate surface area is 273 Å². The molecule has 4 heterocycles. The monoisotopic (exact) mass is 660 g/mol. The molecule has 0 aliphatic carbocycles. The summed E-state index contributed by atoms with van der Waals surface area (Å²) in [6.45, 7) is 6.09. The van der Waals surface area contributed by atoms with Crippen molar-refractivity contribution < 1.29 is 33.3 Å². The fourth-order valence-electron chi connectivity index (χ4n) is 5.25. The molecular formula is C33H33FN6O6S. The molecule has 1 fully saturated rings. The van der Waals surface area contributed by atoms with Crippen LogP contribution in [0.3, 0.4) is 0 Å². The number of carbonyl (C=O) groups excluding carboxylic acids is 2. The highest BCUT2D eigenvalue weighted by molar-refractivity contribution is 7.21. The first-order valence-electron chi connectivity index (χ1n) is 15.1. The molecule has 2 aromatic carbocycles. The molecule has 14 heteroatoms. The lowest BCUT2D eigenvalue weighted by Gasteiger charge is -2.29. The molecule has 1 aliphatic rings. The summed E-state index contributed by atoms with van der Waals surface area (Å²) in [5.41, 5.74) is 4.07. The molecule has 0 saturated carbocycles. The zero-order chi connectivity index (χ0) is 33.2. The number of hydrogen-bond acceptors (Lipinski definition) is 11. The van der Waals surface area contributed by atoms with Crippen molar-refractivity contribution in [2.45, 2.75) is 51.9 Å². The molecule has 47 heavy (non-hydrogen) atoms. The van der Waals surface area contributed by atoms with E-state index in [1.165, 1.54) is 36.8 Å². The van der Waals surface area contributed by atoms with Crippen molar-refractivity contribution in [2.75, 3.05) is 25.5 Å². The fraction of sp³-hybridized carbons (Fsp3) is 0.333. The van der Waals surface area contributed by atoms with Gasteiger partial charge in [0.25, 0.3) is 5.91 Å². The molecule has 0 spiro atoms. The Morgan fingerprint density at radius 1 is 1.09 bits per heavy atom. The third kappa shape index (κ3) is 7.08. The number of carbonyl (C=O) groups is 2. The number of β-amino-alcohol motifs (C(OH)–C–C–N with tert-alkyl or cyclic N) is 1. The van der Waals surface area contributed by atoms with Crippen LogP contribution in [-0.4, -0.2) is 80.5 Å². The van der Waals surface area contributed by atoms with Gasteiger partial charge >= 0.3 is 6.09 Å². The molecular weight excluding hydrogens is 627 g/mol. The van der Waals surface area contributed by atoms with Gasteiger partial charge in [-0.05, 0) is 63.4 Å². The van der Waals surface area contributed by atoms with Crippen LogP contribution in [0, 0.1) is 12.7 Å². The topological polar surface area (TPSA) is 149 Å². The summed E-state index contributed by atoms with van der Waals surface area (Å²) in [6.07, 6.45) is 1.54. The van der Waals surface area contributed by atoms with E-state index < -0.39 is 30.2 Å². The summed E-state index contributed by atoms with van der Waals surface area (Å²) >= 11 is 1.37. The first-order valence-corrected chi connectivity index (χ1v) is 15.9. The van der Waals surface area contributed by atoms with E-state index in [0.29, 0.717) is 50.8 Å². The minimum Gasteiger partial charge on any atom is -0.484 e. The van der Waals surface area contributed by atoms with Crippen LogP contribution in [0.5, 0.6) is 11.6 Å². The normalized spacial score (nSPS) is 16.1. The predicted molar refractivity (Wildman–Crippen MR) is 174 cm³/mol. The Balaban J connectivity index is 1.10. The SMILES string of the molecule is COc1cnc2c(-c3nc4cc(F)c(O[C@@H](C)[C@@H](C)OC(=O)Nc5ccc(C(=O)N6CCC[C@@H](O)C6)nc5)cc4s3)cc(C)cc2n1.